The van der Waals surface area contributed by atoms with E-state index in [1.807, 2.05) is 0 Å². The summed E-state index contributed by atoms with van der Waals surface area (Å²) >= 11 is 0. The van der Waals surface area contributed by atoms with E-state index >= 15 is 0 Å². The van der Waals surface area contributed by atoms with Crippen LogP contribution in [-0.4, -0.2) is 11.4 Å². The molecule has 0 radical (unpaired) electrons. The lowest BCUT2D eigenvalue weighted by atomic mass is 10.3. The fourth-order valence-electron chi connectivity index (χ4n) is 0.755. The Bertz CT molecular complexity index is 274. The molecular weight excluding hydrogens is 166 g/mol. The molecule has 66 valence electrons. The van der Waals surface area contributed by atoms with Crippen molar-refractivity contribution in [3.05, 3.63) is 29.8 Å². The zero-order valence-corrected chi connectivity index (χ0v) is 6.42. The maximum atomic E-state index is 12.7. The second-order valence-electron chi connectivity index (χ2n) is 2.29. The fraction of sp³-hybridized carbons (Fsp3) is 0.250. The van der Waals surface area contributed by atoms with Gasteiger partial charge >= 0.3 is 0 Å². The third kappa shape index (κ3) is 2.17. The first-order valence-electron chi connectivity index (χ1n) is 3.39. The van der Waals surface area contributed by atoms with Gasteiger partial charge < -0.3 is 9.84 Å². The van der Waals surface area contributed by atoms with Crippen LogP contribution in [-0.2, 0) is 0 Å². The van der Waals surface area contributed by atoms with E-state index in [1.165, 1.54) is 6.92 Å². The molecule has 0 aliphatic heterocycles. The number of hydrogen-bond donors (Lipinski definition) is 1. The average Bonchev–Trinajstić information content (AvgIpc) is 1.94. The highest BCUT2D eigenvalue weighted by atomic mass is 19.1. The Kier molecular flexibility index (Phi) is 2.60. The molecule has 1 atom stereocenters. The molecule has 4 heteroatoms. The van der Waals surface area contributed by atoms with Gasteiger partial charge in [-0.1, -0.05) is 0 Å². The third-order valence-electron chi connectivity index (χ3n) is 1.19. The molecule has 1 aromatic carbocycles. The number of rotatable bonds is 2. The summed E-state index contributed by atoms with van der Waals surface area (Å²) in [5, 5.41) is 8.72. The monoisotopic (exact) mass is 174 g/mol. The van der Waals surface area contributed by atoms with E-state index in [0.29, 0.717) is 6.07 Å². The highest BCUT2D eigenvalue weighted by molar-refractivity contribution is 5.24. The summed E-state index contributed by atoms with van der Waals surface area (Å²) in [6.07, 6.45) is -1.11. The molecule has 0 heterocycles. The Morgan fingerprint density at radius 3 is 2.58 bits per heavy atom. The Hall–Kier alpha value is -1.16. The van der Waals surface area contributed by atoms with Gasteiger partial charge in [-0.2, -0.15) is 0 Å². The Balaban J connectivity index is 2.86. The van der Waals surface area contributed by atoms with Gasteiger partial charge in [0.2, 0.25) is 0 Å². The fourth-order valence-corrected chi connectivity index (χ4v) is 0.755. The lowest BCUT2D eigenvalue weighted by Gasteiger charge is -2.08. The van der Waals surface area contributed by atoms with Crippen LogP contribution in [0, 0.1) is 11.6 Å². The van der Waals surface area contributed by atoms with Gasteiger partial charge in [0.05, 0.1) is 0 Å². The molecule has 1 unspecified atom stereocenters. The van der Waals surface area contributed by atoms with Crippen LogP contribution in [0.2, 0.25) is 0 Å². The van der Waals surface area contributed by atoms with E-state index in [0.717, 1.165) is 12.1 Å². The molecule has 0 saturated carbocycles. The number of benzene rings is 1. The van der Waals surface area contributed by atoms with Crippen molar-refractivity contribution in [1.82, 2.24) is 0 Å². The highest BCUT2D eigenvalue weighted by Crippen LogP contribution is 2.18. The van der Waals surface area contributed by atoms with Crippen molar-refractivity contribution in [3.63, 3.8) is 0 Å². The third-order valence-corrected chi connectivity index (χ3v) is 1.19. The summed E-state index contributed by atoms with van der Waals surface area (Å²) in [4.78, 5) is 0. The van der Waals surface area contributed by atoms with Gasteiger partial charge in [0.1, 0.15) is 5.82 Å². The van der Waals surface area contributed by atoms with E-state index in [4.69, 9.17) is 5.11 Å². The summed E-state index contributed by atoms with van der Waals surface area (Å²) in [5.74, 6) is -1.66. The molecule has 0 saturated heterocycles. The molecule has 0 aromatic heterocycles. The molecule has 0 aliphatic carbocycles. The number of aliphatic hydroxyl groups excluding tert-OH is 1. The summed E-state index contributed by atoms with van der Waals surface area (Å²) < 4.78 is 29.7. The number of ether oxygens (including phenoxy) is 1. The van der Waals surface area contributed by atoms with Gasteiger partial charge in [-0.15, -0.1) is 0 Å². The van der Waals surface area contributed by atoms with Crippen LogP contribution in [0.4, 0.5) is 8.78 Å². The van der Waals surface area contributed by atoms with Crippen molar-refractivity contribution in [2.75, 3.05) is 0 Å². The molecule has 0 fully saturated rings. The topological polar surface area (TPSA) is 29.5 Å². The van der Waals surface area contributed by atoms with Crippen molar-refractivity contribution >= 4 is 0 Å². The second-order valence-corrected chi connectivity index (χ2v) is 2.29. The first kappa shape index (κ1) is 8.93. The first-order valence-corrected chi connectivity index (χ1v) is 3.39. The SMILES string of the molecule is CC(O)Oc1ccc(F)cc1F. The van der Waals surface area contributed by atoms with E-state index < -0.39 is 17.9 Å². The van der Waals surface area contributed by atoms with Crippen LogP contribution >= 0.6 is 0 Å². The molecule has 12 heavy (non-hydrogen) atoms. The zero-order valence-electron chi connectivity index (χ0n) is 6.42. The summed E-state index contributed by atoms with van der Waals surface area (Å²) in [5.41, 5.74) is 0. The Morgan fingerprint density at radius 1 is 1.42 bits per heavy atom. The van der Waals surface area contributed by atoms with Crippen LogP contribution in [0.25, 0.3) is 0 Å². The van der Waals surface area contributed by atoms with E-state index in [2.05, 4.69) is 4.74 Å². The molecule has 1 aromatic rings. The van der Waals surface area contributed by atoms with E-state index in [1.54, 1.807) is 0 Å². The van der Waals surface area contributed by atoms with E-state index in [-0.39, 0.29) is 5.75 Å². The molecule has 1 N–H and O–H groups in total. The maximum absolute atomic E-state index is 12.7. The van der Waals surface area contributed by atoms with Gasteiger partial charge in [0.25, 0.3) is 0 Å². The largest absolute Gasteiger partial charge is 0.462 e. The van der Waals surface area contributed by atoms with Crippen molar-refractivity contribution < 1.29 is 18.6 Å². The minimum absolute atomic E-state index is 0.161. The summed E-state index contributed by atoms with van der Waals surface area (Å²) in [6, 6.07) is 2.87. The standard InChI is InChI=1S/C8H8F2O2/c1-5(11)12-8-3-2-6(9)4-7(8)10/h2-5,11H,1H3. The minimum atomic E-state index is -1.11. The molecule has 1 rings (SSSR count). The van der Waals surface area contributed by atoms with Gasteiger partial charge in [0.15, 0.2) is 17.9 Å². The first-order chi connectivity index (χ1) is 5.59. The van der Waals surface area contributed by atoms with Gasteiger partial charge in [-0.25, -0.2) is 8.78 Å². The highest BCUT2D eigenvalue weighted by Gasteiger charge is 2.06. The number of halogens is 2. The maximum Gasteiger partial charge on any atom is 0.194 e. The molecule has 0 amide bonds. The van der Waals surface area contributed by atoms with E-state index in [9.17, 15) is 8.78 Å². The number of hydrogen-bond acceptors (Lipinski definition) is 2. The molecule has 0 spiro atoms. The lowest BCUT2D eigenvalue weighted by molar-refractivity contribution is -0.00316. The van der Waals surface area contributed by atoms with Crippen molar-refractivity contribution in [1.29, 1.82) is 0 Å². The Labute approximate surface area is 68.4 Å². The predicted molar refractivity (Wildman–Crippen MR) is 38.7 cm³/mol. The van der Waals surface area contributed by atoms with Crippen molar-refractivity contribution in [3.8, 4) is 5.75 Å². The smallest absolute Gasteiger partial charge is 0.194 e. The van der Waals surface area contributed by atoms with Crippen LogP contribution in [0.1, 0.15) is 6.92 Å². The Morgan fingerprint density at radius 2 is 2.08 bits per heavy atom. The number of aliphatic hydroxyl groups is 1. The normalized spacial score (nSPS) is 12.7. The second kappa shape index (κ2) is 3.49. The lowest BCUT2D eigenvalue weighted by Crippen LogP contribution is -2.10. The van der Waals surface area contributed by atoms with Crippen molar-refractivity contribution in [2.45, 2.75) is 13.2 Å². The minimum Gasteiger partial charge on any atom is -0.462 e. The van der Waals surface area contributed by atoms with Crippen molar-refractivity contribution in [2.24, 2.45) is 0 Å². The summed E-state index contributed by atoms with van der Waals surface area (Å²) in [7, 11) is 0. The quantitative estimate of drug-likeness (QED) is 0.691. The average molecular weight is 174 g/mol. The molecule has 0 aliphatic rings. The zero-order chi connectivity index (χ0) is 9.14. The van der Waals surface area contributed by atoms with Crippen LogP contribution in [0.5, 0.6) is 5.75 Å². The molecule has 0 bridgehead atoms. The van der Waals surface area contributed by atoms with Gasteiger partial charge in [-0.3, -0.25) is 0 Å². The van der Waals surface area contributed by atoms with Crippen LogP contribution in [0.15, 0.2) is 18.2 Å². The van der Waals surface area contributed by atoms with Crippen LogP contribution < -0.4 is 4.74 Å². The van der Waals surface area contributed by atoms with Crippen LogP contribution in [0.3, 0.4) is 0 Å². The molecular formula is C8H8F2O2. The van der Waals surface area contributed by atoms with Gasteiger partial charge in [-0.05, 0) is 19.1 Å². The van der Waals surface area contributed by atoms with Gasteiger partial charge in [0, 0.05) is 6.07 Å². The predicted octanol–water partition coefficient (Wildman–Crippen LogP) is 1.68. The summed E-state index contributed by atoms with van der Waals surface area (Å²) in [6.45, 7) is 1.34. The molecule has 2 nitrogen and oxygen atoms in total.